The van der Waals surface area contributed by atoms with Gasteiger partial charge in [-0.1, -0.05) is 11.5 Å². The second kappa shape index (κ2) is 12.4. The number of nitrogens with zero attached hydrogens (tertiary/aromatic N) is 3. The van der Waals surface area contributed by atoms with E-state index in [1.54, 1.807) is 23.2 Å². The van der Waals surface area contributed by atoms with E-state index in [0.29, 0.717) is 0 Å². The van der Waals surface area contributed by atoms with E-state index in [2.05, 4.69) is 59.0 Å². The lowest BCUT2D eigenvalue weighted by Crippen LogP contribution is -1.96. The lowest BCUT2D eigenvalue weighted by Gasteiger charge is -2.03. The van der Waals surface area contributed by atoms with Crippen molar-refractivity contribution in [3.05, 3.63) is 95.3 Å². The van der Waals surface area contributed by atoms with E-state index in [-0.39, 0.29) is 5.57 Å². The van der Waals surface area contributed by atoms with Gasteiger partial charge in [0.05, 0.1) is 12.4 Å². The van der Waals surface area contributed by atoms with Gasteiger partial charge in [0.2, 0.25) is 0 Å². The first-order valence-electron chi connectivity index (χ1n) is 5.46. The molecular formula is C18H9N3. The van der Waals surface area contributed by atoms with Crippen LogP contribution in [0.15, 0.2) is 95.3 Å². The Hall–Kier alpha value is -4.02. The van der Waals surface area contributed by atoms with E-state index in [0.717, 1.165) is 0 Å². The lowest BCUT2D eigenvalue weighted by atomic mass is 10.3. The first-order chi connectivity index (χ1) is 10.3. The van der Waals surface area contributed by atoms with Crippen molar-refractivity contribution in [3.63, 3.8) is 0 Å². The summed E-state index contributed by atoms with van der Waals surface area (Å²) < 4.78 is 0. The van der Waals surface area contributed by atoms with Gasteiger partial charge in [0.1, 0.15) is 17.7 Å². The highest BCUT2D eigenvalue weighted by Crippen LogP contribution is 1.95. The minimum atomic E-state index is -0.00536. The van der Waals surface area contributed by atoms with Crippen LogP contribution in [0.3, 0.4) is 0 Å². The topological polar surface area (TPSA) is 50.8 Å². The standard InChI is InChI=1S/C18H9N3/c1-3-5-7-9-13-21(14-10-8-6-4-2)15-11-12-18(16-19)17-20/h11-15H,1-2H2. The van der Waals surface area contributed by atoms with Gasteiger partial charge in [0.15, 0.2) is 0 Å². The molecule has 0 aliphatic rings. The second-order valence-electron chi connectivity index (χ2n) is 2.99. The highest BCUT2D eigenvalue weighted by Gasteiger charge is 1.88. The van der Waals surface area contributed by atoms with Crippen LogP contribution in [0.25, 0.3) is 0 Å². The summed E-state index contributed by atoms with van der Waals surface area (Å²) in [5, 5.41) is 17.2. The Morgan fingerprint density at radius 2 is 1.38 bits per heavy atom. The Labute approximate surface area is 123 Å². The van der Waals surface area contributed by atoms with Crippen molar-refractivity contribution in [2.75, 3.05) is 0 Å². The van der Waals surface area contributed by atoms with Gasteiger partial charge in [-0.3, -0.25) is 0 Å². The van der Waals surface area contributed by atoms with Gasteiger partial charge in [0, 0.05) is 6.20 Å². The maximum atomic E-state index is 8.60. The fourth-order valence-electron chi connectivity index (χ4n) is 0.836. The molecule has 0 N–H and O–H groups in total. The summed E-state index contributed by atoms with van der Waals surface area (Å²) >= 11 is 0. The average molecular weight is 267 g/mol. The molecule has 0 rings (SSSR count). The first-order valence-corrected chi connectivity index (χ1v) is 5.46. The van der Waals surface area contributed by atoms with Crippen LogP contribution in [0, 0.1) is 22.7 Å². The summed E-state index contributed by atoms with van der Waals surface area (Å²) in [5.74, 6) is 0. The zero-order valence-corrected chi connectivity index (χ0v) is 11.1. The minimum absolute atomic E-state index is 0.00536. The molecule has 0 saturated carbocycles. The van der Waals surface area contributed by atoms with Crippen molar-refractivity contribution in [2.24, 2.45) is 0 Å². The molecule has 0 atom stereocenters. The number of rotatable bonds is 4. The second-order valence-corrected chi connectivity index (χ2v) is 2.99. The zero-order chi connectivity index (χ0) is 15.8. The van der Waals surface area contributed by atoms with Gasteiger partial charge >= 0.3 is 0 Å². The van der Waals surface area contributed by atoms with E-state index >= 15 is 0 Å². The van der Waals surface area contributed by atoms with E-state index in [9.17, 15) is 0 Å². The van der Waals surface area contributed by atoms with E-state index in [1.165, 1.54) is 24.6 Å². The van der Waals surface area contributed by atoms with Crippen LogP contribution in [0.2, 0.25) is 0 Å². The van der Waals surface area contributed by atoms with Crippen LogP contribution < -0.4 is 0 Å². The van der Waals surface area contributed by atoms with Crippen LogP contribution in [-0.4, -0.2) is 4.90 Å². The summed E-state index contributed by atoms with van der Waals surface area (Å²) in [6, 6.07) is 3.50. The molecule has 21 heavy (non-hydrogen) atoms. The Morgan fingerprint density at radius 1 is 0.857 bits per heavy atom. The van der Waals surface area contributed by atoms with Gasteiger partial charge < -0.3 is 4.90 Å². The molecule has 0 spiro atoms. The molecule has 0 aromatic heterocycles. The van der Waals surface area contributed by atoms with Gasteiger partial charge in [-0.05, 0) is 59.7 Å². The monoisotopic (exact) mass is 267 g/mol. The Kier molecular flexibility index (Phi) is 10.1. The molecule has 96 valence electrons. The Balaban J connectivity index is 5.56. The molecule has 3 nitrogen and oxygen atoms in total. The number of hydrogen-bond donors (Lipinski definition) is 0. The maximum Gasteiger partial charge on any atom is 0.129 e. The maximum absolute atomic E-state index is 8.60. The van der Waals surface area contributed by atoms with Crippen molar-refractivity contribution in [2.45, 2.75) is 0 Å². The number of allylic oxidation sites excluding steroid dienone is 3. The highest BCUT2D eigenvalue weighted by molar-refractivity contribution is 5.37. The Morgan fingerprint density at radius 3 is 1.81 bits per heavy atom. The summed E-state index contributed by atoms with van der Waals surface area (Å²) in [6.07, 6.45) is 7.51. The molecule has 0 fully saturated rings. The third-order valence-electron chi connectivity index (χ3n) is 1.64. The van der Waals surface area contributed by atoms with E-state index < -0.39 is 0 Å². The SMILES string of the molecule is C=C=C=C=C=CN(C=C=C=C=C=C)C=CC=C(C#N)C#N. The van der Waals surface area contributed by atoms with Crippen molar-refractivity contribution in [1.29, 1.82) is 10.5 Å². The molecule has 0 radical (unpaired) electrons. The molecular weight excluding hydrogens is 258 g/mol. The van der Waals surface area contributed by atoms with Gasteiger partial charge in [0.25, 0.3) is 0 Å². The molecule has 0 aliphatic carbocycles. The summed E-state index contributed by atoms with van der Waals surface area (Å²) in [7, 11) is 0. The normalized spacial score (nSPS) is 6.57. The predicted octanol–water partition coefficient (Wildman–Crippen LogP) is 3.30. The molecule has 0 aromatic carbocycles. The fraction of sp³-hybridized carbons (Fsp3) is 0. The van der Waals surface area contributed by atoms with Gasteiger partial charge in [-0.2, -0.15) is 10.5 Å². The molecule has 0 aliphatic heterocycles. The fourth-order valence-corrected chi connectivity index (χ4v) is 0.836. The summed E-state index contributed by atoms with van der Waals surface area (Å²) in [4.78, 5) is 1.54. The third kappa shape index (κ3) is 9.66. The number of nitriles is 2. The minimum Gasteiger partial charge on any atom is -0.315 e. The molecule has 0 bridgehead atoms. The van der Waals surface area contributed by atoms with Crippen LogP contribution in [0.4, 0.5) is 0 Å². The highest BCUT2D eigenvalue weighted by atomic mass is 15.1. The smallest absolute Gasteiger partial charge is 0.129 e. The van der Waals surface area contributed by atoms with Gasteiger partial charge in [-0.25, -0.2) is 0 Å². The van der Waals surface area contributed by atoms with Crippen molar-refractivity contribution >= 4 is 0 Å². The van der Waals surface area contributed by atoms with Crippen molar-refractivity contribution in [1.82, 2.24) is 4.90 Å². The van der Waals surface area contributed by atoms with Crippen LogP contribution in [0.1, 0.15) is 0 Å². The van der Waals surface area contributed by atoms with Crippen LogP contribution >= 0.6 is 0 Å². The summed E-state index contributed by atoms with van der Waals surface area (Å²) in [6.45, 7) is 6.67. The van der Waals surface area contributed by atoms with Crippen LogP contribution in [-0.2, 0) is 0 Å². The first kappa shape index (κ1) is 17.0. The molecule has 0 unspecified atom stereocenters. The lowest BCUT2D eigenvalue weighted by molar-refractivity contribution is 0.696. The molecule has 0 aromatic rings. The predicted molar refractivity (Wildman–Crippen MR) is 78.8 cm³/mol. The van der Waals surface area contributed by atoms with E-state index in [1.807, 2.05) is 0 Å². The third-order valence-corrected chi connectivity index (χ3v) is 1.64. The quantitative estimate of drug-likeness (QED) is 0.446. The van der Waals surface area contributed by atoms with Crippen LogP contribution in [0.5, 0.6) is 0 Å². The largest absolute Gasteiger partial charge is 0.315 e. The molecule has 0 heterocycles. The molecule has 3 heteroatoms. The molecule has 0 amide bonds. The van der Waals surface area contributed by atoms with Crippen molar-refractivity contribution < 1.29 is 0 Å². The molecule has 0 saturated heterocycles. The summed E-state index contributed by atoms with van der Waals surface area (Å²) in [5.41, 5.74) is 20.3. The Bertz CT molecular complexity index is 770. The number of hydrogen-bond acceptors (Lipinski definition) is 3. The average Bonchev–Trinajstić information content (AvgIpc) is 2.51. The zero-order valence-electron chi connectivity index (χ0n) is 11.1. The van der Waals surface area contributed by atoms with Gasteiger partial charge in [-0.15, -0.1) is 0 Å². The van der Waals surface area contributed by atoms with E-state index in [4.69, 9.17) is 10.5 Å². The van der Waals surface area contributed by atoms with Crippen molar-refractivity contribution in [3.8, 4) is 12.1 Å².